The van der Waals surface area contributed by atoms with Gasteiger partial charge in [0.05, 0.1) is 23.0 Å². The quantitative estimate of drug-likeness (QED) is 0.370. The van der Waals surface area contributed by atoms with Crippen LogP contribution in [0.3, 0.4) is 0 Å². The third-order valence-corrected chi connectivity index (χ3v) is 3.79. The maximum absolute atomic E-state index is 12.8. The SMILES string of the molecule is CC(=O)OOc1ccc(Br)cc1C(=O)c1cnn(-c2ccccc2)c1. The molecule has 3 rings (SSSR count). The van der Waals surface area contributed by atoms with Gasteiger partial charge < -0.3 is 0 Å². The molecule has 7 heteroatoms. The number of hydrogen-bond acceptors (Lipinski definition) is 5. The molecule has 2 aromatic carbocycles. The number of nitrogens with zero attached hydrogens (tertiary/aromatic N) is 2. The molecule has 1 heterocycles. The van der Waals surface area contributed by atoms with E-state index >= 15 is 0 Å². The number of carbonyl (C=O) groups is 2. The fourth-order valence-electron chi connectivity index (χ4n) is 2.17. The van der Waals surface area contributed by atoms with Crippen LogP contribution in [0.4, 0.5) is 0 Å². The lowest BCUT2D eigenvalue weighted by Gasteiger charge is -2.08. The van der Waals surface area contributed by atoms with Crippen molar-refractivity contribution in [2.45, 2.75) is 6.92 Å². The number of halogens is 1. The molecule has 0 fully saturated rings. The van der Waals surface area contributed by atoms with Crippen molar-refractivity contribution in [1.29, 1.82) is 0 Å². The normalized spacial score (nSPS) is 10.3. The van der Waals surface area contributed by atoms with E-state index in [-0.39, 0.29) is 17.1 Å². The average molecular weight is 401 g/mol. The highest BCUT2D eigenvalue weighted by atomic mass is 79.9. The molecule has 0 atom stereocenters. The molecular formula is C18H13BrN2O4. The minimum atomic E-state index is -0.613. The van der Waals surface area contributed by atoms with Crippen molar-refractivity contribution < 1.29 is 19.4 Å². The second kappa shape index (κ2) is 7.31. The maximum atomic E-state index is 12.8. The summed E-state index contributed by atoms with van der Waals surface area (Å²) in [6.07, 6.45) is 3.11. The zero-order chi connectivity index (χ0) is 17.8. The first-order valence-electron chi connectivity index (χ1n) is 7.34. The lowest BCUT2D eigenvalue weighted by molar-refractivity contribution is -0.211. The Morgan fingerprint density at radius 3 is 2.60 bits per heavy atom. The molecule has 0 radical (unpaired) electrons. The van der Waals surface area contributed by atoms with Gasteiger partial charge in [0.2, 0.25) is 0 Å². The Bertz CT molecular complexity index is 922. The van der Waals surface area contributed by atoms with Crippen LogP contribution in [-0.2, 0) is 9.68 Å². The lowest BCUT2D eigenvalue weighted by Crippen LogP contribution is -2.08. The summed E-state index contributed by atoms with van der Waals surface area (Å²) in [6, 6.07) is 14.3. The van der Waals surface area contributed by atoms with Crippen LogP contribution >= 0.6 is 15.9 Å². The fourth-order valence-corrected chi connectivity index (χ4v) is 2.53. The first-order valence-corrected chi connectivity index (χ1v) is 8.13. The van der Waals surface area contributed by atoms with E-state index in [4.69, 9.17) is 4.89 Å². The van der Waals surface area contributed by atoms with Crippen molar-refractivity contribution in [3.63, 3.8) is 0 Å². The van der Waals surface area contributed by atoms with Gasteiger partial charge in [-0.3, -0.25) is 14.6 Å². The number of aromatic nitrogens is 2. The zero-order valence-electron chi connectivity index (χ0n) is 13.2. The van der Waals surface area contributed by atoms with Gasteiger partial charge in [-0.1, -0.05) is 34.1 Å². The maximum Gasteiger partial charge on any atom is 0.352 e. The summed E-state index contributed by atoms with van der Waals surface area (Å²) >= 11 is 3.32. The van der Waals surface area contributed by atoms with E-state index in [9.17, 15) is 9.59 Å². The van der Waals surface area contributed by atoms with Gasteiger partial charge in [0.1, 0.15) is 0 Å². The van der Waals surface area contributed by atoms with Crippen molar-refractivity contribution in [3.05, 3.63) is 76.5 Å². The van der Waals surface area contributed by atoms with Gasteiger partial charge >= 0.3 is 5.97 Å². The molecule has 0 bridgehead atoms. The Labute approximate surface area is 152 Å². The molecule has 1 aromatic heterocycles. The Morgan fingerprint density at radius 1 is 1.12 bits per heavy atom. The van der Waals surface area contributed by atoms with Crippen LogP contribution in [0.5, 0.6) is 5.75 Å². The lowest BCUT2D eigenvalue weighted by atomic mass is 10.1. The first kappa shape index (κ1) is 16.9. The van der Waals surface area contributed by atoms with Crippen LogP contribution in [-0.4, -0.2) is 21.5 Å². The summed E-state index contributed by atoms with van der Waals surface area (Å²) in [5.74, 6) is -0.764. The monoisotopic (exact) mass is 400 g/mol. The summed E-state index contributed by atoms with van der Waals surface area (Å²) in [6.45, 7) is 1.21. The number of carbonyl (C=O) groups excluding carboxylic acids is 2. The summed E-state index contributed by atoms with van der Waals surface area (Å²) in [4.78, 5) is 33.3. The van der Waals surface area contributed by atoms with E-state index in [1.54, 1.807) is 29.1 Å². The van der Waals surface area contributed by atoms with Crippen LogP contribution in [0.2, 0.25) is 0 Å². The molecular weight excluding hydrogens is 388 g/mol. The van der Waals surface area contributed by atoms with E-state index < -0.39 is 5.97 Å². The van der Waals surface area contributed by atoms with Crippen molar-refractivity contribution in [2.24, 2.45) is 0 Å². The summed E-state index contributed by atoms with van der Waals surface area (Å²) < 4.78 is 2.30. The largest absolute Gasteiger partial charge is 0.352 e. The Balaban J connectivity index is 1.92. The minimum absolute atomic E-state index is 0.149. The van der Waals surface area contributed by atoms with Crippen LogP contribution < -0.4 is 4.89 Å². The van der Waals surface area contributed by atoms with E-state index in [1.807, 2.05) is 30.3 Å². The third kappa shape index (κ3) is 3.95. The highest BCUT2D eigenvalue weighted by Crippen LogP contribution is 2.26. The van der Waals surface area contributed by atoms with Crippen LogP contribution in [0.1, 0.15) is 22.8 Å². The van der Waals surface area contributed by atoms with Gasteiger partial charge in [0.25, 0.3) is 0 Å². The van der Waals surface area contributed by atoms with E-state index in [2.05, 4.69) is 25.9 Å². The molecule has 0 saturated heterocycles. The number of benzene rings is 2. The van der Waals surface area contributed by atoms with Crippen LogP contribution in [0.25, 0.3) is 5.69 Å². The molecule has 0 N–H and O–H groups in total. The van der Waals surface area contributed by atoms with E-state index in [0.29, 0.717) is 10.0 Å². The third-order valence-electron chi connectivity index (χ3n) is 3.30. The standard InChI is InChI=1S/C18H13BrN2O4/c1-12(22)24-25-17-8-7-14(19)9-16(17)18(23)13-10-20-21(11-13)15-5-3-2-4-6-15/h2-11H,1H3. The van der Waals surface area contributed by atoms with Crippen molar-refractivity contribution in [2.75, 3.05) is 0 Å². The Kier molecular flexibility index (Phi) is 4.95. The number of rotatable bonds is 5. The minimum Gasteiger partial charge on any atom is -0.288 e. The predicted molar refractivity (Wildman–Crippen MR) is 93.5 cm³/mol. The summed E-state index contributed by atoms with van der Waals surface area (Å²) in [7, 11) is 0. The molecule has 25 heavy (non-hydrogen) atoms. The van der Waals surface area contributed by atoms with E-state index in [0.717, 1.165) is 5.69 Å². The Morgan fingerprint density at radius 2 is 1.88 bits per heavy atom. The smallest absolute Gasteiger partial charge is 0.288 e. The van der Waals surface area contributed by atoms with Gasteiger partial charge in [0, 0.05) is 17.6 Å². The van der Waals surface area contributed by atoms with Crippen LogP contribution in [0, 0.1) is 0 Å². The van der Waals surface area contributed by atoms with Crippen molar-refractivity contribution >= 4 is 27.7 Å². The summed E-state index contributed by atoms with van der Waals surface area (Å²) in [5, 5.41) is 4.22. The predicted octanol–water partition coefficient (Wildman–Crippen LogP) is 3.72. The van der Waals surface area contributed by atoms with Crippen LogP contribution in [0.15, 0.2) is 65.4 Å². The molecule has 0 aliphatic carbocycles. The highest BCUT2D eigenvalue weighted by molar-refractivity contribution is 9.10. The number of para-hydroxylation sites is 1. The number of ketones is 1. The summed E-state index contributed by atoms with van der Waals surface area (Å²) in [5.41, 5.74) is 1.48. The molecule has 0 amide bonds. The van der Waals surface area contributed by atoms with Crippen molar-refractivity contribution in [1.82, 2.24) is 9.78 Å². The van der Waals surface area contributed by atoms with Gasteiger partial charge in [-0.15, -0.1) is 0 Å². The molecule has 0 aliphatic rings. The van der Waals surface area contributed by atoms with E-state index in [1.165, 1.54) is 13.1 Å². The molecule has 6 nitrogen and oxygen atoms in total. The molecule has 0 aliphatic heterocycles. The van der Waals surface area contributed by atoms with Gasteiger partial charge in [-0.2, -0.15) is 5.10 Å². The topological polar surface area (TPSA) is 70.4 Å². The molecule has 126 valence electrons. The highest BCUT2D eigenvalue weighted by Gasteiger charge is 2.19. The molecule has 0 saturated carbocycles. The molecule has 0 unspecified atom stereocenters. The van der Waals surface area contributed by atoms with Gasteiger partial charge in [0.15, 0.2) is 11.5 Å². The molecule has 0 spiro atoms. The van der Waals surface area contributed by atoms with Gasteiger partial charge in [-0.25, -0.2) is 9.48 Å². The average Bonchev–Trinajstić information content (AvgIpc) is 3.11. The Hall–Kier alpha value is -2.93. The molecule has 3 aromatic rings. The van der Waals surface area contributed by atoms with Crippen molar-refractivity contribution in [3.8, 4) is 11.4 Å². The first-order chi connectivity index (χ1) is 12.0. The second-order valence-corrected chi connectivity index (χ2v) is 6.05. The fraction of sp³-hybridized carbons (Fsp3) is 0.0556. The number of hydrogen-bond donors (Lipinski definition) is 0. The zero-order valence-corrected chi connectivity index (χ0v) is 14.8. The second-order valence-electron chi connectivity index (χ2n) is 5.14. The van der Waals surface area contributed by atoms with Gasteiger partial charge in [-0.05, 0) is 30.3 Å².